The molecule has 5 heteroatoms. The van der Waals surface area contributed by atoms with Gasteiger partial charge >= 0.3 is 11.9 Å². The molecule has 0 saturated carbocycles. The maximum atomic E-state index is 11.9. The Bertz CT molecular complexity index is 505. The second-order valence-corrected chi connectivity index (χ2v) is 4.12. The number of ether oxygens (including phenoxy) is 2. The fourth-order valence-electron chi connectivity index (χ4n) is 1.74. The molecule has 0 bridgehead atoms. The molecule has 0 N–H and O–H groups in total. The number of benzene rings is 1. The van der Waals surface area contributed by atoms with Crippen molar-refractivity contribution in [3.8, 4) is 0 Å². The molecule has 0 atom stereocenters. The lowest BCUT2D eigenvalue weighted by Crippen LogP contribution is -2.29. The van der Waals surface area contributed by atoms with Crippen molar-refractivity contribution >= 4 is 17.6 Å². The Balaban J connectivity index is 3.21. The van der Waals surface area contributed by atoms with Crippen LogP contribution < -0.4 is 4.90 Å². The molecule has 0 aliphatic heterocycles. The summed E-state index contributed by atoms with van der Waals surface area (Å²) in [4.78, 5) is 25.0. The fourth-order valence-corrected chi connectivity index (χ4v) is 1.74. The predicted octanol–water partition coefficient (Wildman–Crippen LogP) is 2.05. The van der Waals surface area contributed by atoms with Gasteiger partial charge in [-0.15, -0.1) is 0 Å². The molecule has 0 amide bonds. The first-order valence-corrected chi connectivity index (χ1v) is 6.25. The third-order valence-electron chi connectivity index (χ3n) is 2.80. The number of rotatable bonds is 5. The molecule has 20 heavy (non-hydrogen) atoms. The van der Waals surface area contributed by atoms with Crippen LogP contribution in [-0.2, 0) is 19.1 Å². The van der Waals surface area contributed by atoms with Crippen LogP contribution in [0.5, 0.6) is 0 Å². The molecular weight excluding hydrogens is 258 g/mol. The van der Waals surface area contributed by atoms with Crippen LogP contribution in [0.15, 0.2) is 36.0 Å². The quantitative estimate of drug-likeness (QED) is 0.609. The van der Waals surface area contributed by atoms with Crippen molar-refractivity contribution in [2.24, 2.45) is 0 Å². The monoisotopic (exact) mass is 277 g/mol. The molecule has 0 fully saturated rings. The molecule has 0 spiro atoms. The number of carbonyl (C=O) groups excluding carboxylic acids is 2. The van der Waals surface area contributed by atoms with Crippen molar-refractivity contribution in [1.82, 2.24) is 0 Å². The Kier molecular flexibility index (Phi) is 5.77. The highest BCUT2D eigenvalue weighted by molar-refractivity contribution is 5.99. The summed E-state index contributed by atoms with van der Waals surface area (Å²) in [5.41, 5.74) is 2.06. The summed E-state index contributed by atoms with van der Waals surface area (Å²) >= 11 is 0. The van der Waals surface area contributed by atoms with E-state index in [2.05, 4.69) is 4.74 Å². The van der Waals surface area contributed by atoms with Gasteiger partial charge in [-0.1, -0.05) is 17.7 Å². The van der Waals surface area contributed by atoms with Gasteiger partial charge in [0, 0.05) is 12.2 Å². The van der Waals surface area contributed by atoms with Crippen LogP contribution in [0, 0.1) is 6.92 Å². The lowest BCUT2D eigenvalue weighted by atomic mass is 10.2. The molecule has 1 aromatic carbocycles. The lowest BCUT2D eigenvalue weighted by Gasteiger charge is -2.24. The van der Waals surface area contributed by atoms with E-state index in [-0.39, 0.29) is 5.70 Å². The highest BCUT2D eigenvalue weighted by Gasteiger charge is 2.20. The fraction of sp³-hybridized carbons (Fsp3) is 0.333. The summed E-state index contributed by atoms with van der Waals surface area (Å²) in [5.74, 6) is -1.19. The number of esters is 2. The number of nitrogens with zero attached hydrogens (tertiary/aromatic N) is 1. The Hall–Kier alpha value is -2.30. The van der Waals surface area contributed by atoms with E-state index < -0.39 is 11.9 Å². The van der Waals surface area contributed by atoms with E-state index >= 15 is 0 Å². The molecule has 1 aromatic rings. The van der Waals surface area contributed by atoms with Crippen LogP contribution in [0.1, 0.15) is 12.5 Å². The van der Waals surface area contributed by atoms with E-state index in [4.69, 9.17) is 4.74 Å². The van der Waals surface area contributed by atoms with Crippen molar-refractivity contribution < 1.29 is 19.1 Å². The second kappa shape index (κ2) is 7.33. The van der Waals surface area contributed by atoms with E-state index in [1.54, 1.807) is 4.90 Å². The predicted molar refractivity (Wildman–Crippen MR) is 76.3 cm³/mol. The molecule has 0 saturated heterocycles. The molecule has 108 valence electrons. The highest BCUT2D eigenvalue weighted by Crippen LogP contribution is 2.20. The van der Waals surface area contributed by atoms with E-state index in [9.17, 15) is 9.59 Å². The Labute approximate surface area is 118 Å². The van der Waals surface area contributed by atoms with Crippen LogP contribution in [0.2, 0.25) is 0 Å². The average Bonchev–Trinajstić information content (AvgIpc) is 2.47. The number of carbonyl (C=O) groups is 2. The first-order chi connectivity index (χ1) is 9.53. The van der Waals surface area contributed by atoms with Crippen LogP contribution in [0.25, 0.3) is 0 Å². The first kappa shape index (κ1) is 15.8. The smallest absolute Gasteiger partial charge is 0.354 e. The summed E-state index contributed by atoms with van der Waals surface area (Å²) in [6.45, 7) is 4.38. The highest BCUT2D eigenvalue weighted by atomic mass is 16.5. The van der Waals surface area contributed by atoms with Crippen molar-refractivity contribution in [3.05, 3.63) is 41.6 Å². The van der Waals surface area contributed by atoms with Gasteiger partial charge in [-0.2, -0.15) is 0 Å². The van der Waals surface area contributed by atoms with E-state index in [0.717, 1.165) is 17.3 Å². The zero-order valence-electron chi connectivity index (χ0n) is 12.2. The summed E-state index contributed by atoms with van der Waals surface area (Å²) in [6.07, 6.45) is 1.13. The maximum Gasteiger partial charge on any atom is 0.354 e. The van der Waals surface area contributed by atoms with Gasteiger partial charge in [-0.3, -0.25) is 0 Å². The van der Waals surface area contributed by atoms with E-state index in [0.29, 0.717) is 6.54 Å². The van der Waals surface area contributed by atoms with Gasteiger partial charge in [0.05, 0.1) is 20.3 Å². The van der Waals surface area contributed by atoms with Crippen LogP contribution >= 0.6 is 0 Å². The van der Waals surface area contributed by atoms with Gasteiger partial charge in [-0.25, -0.2) is 9.59 Å². The zero-order chi connectivity index (χ0) is 15.1. The van der Waals surface area contributed by atoms with E-state index in [1.807, 2.05) is 38.1 Å². The van der Waals surface area contributed by atoms with Crippen molar-refractivity contribution in [1.29, 1.82) is 0 Å². The van der Waals surface area contributed by atoms with Gasteiger partial charge in [0.15, 0.2) is 0 Å². The first-order valence-electron chi connectivity index (χ1n) is 6.25. The van der Waals surface area contributed by atoms with Crippen LogP contribution in [0.3, 0.4) is 0 Å². The molecule has 0 aliphatic carbocycles. The molecule has 0 heterocycles. The number of methoxy groups -OCH3 is 2. The largest absolute Gasteiger partial charge is 0.466 e. The normalized spacial score (nSPS) is 10.9. The lowest BCUT2D eigenvalue weighted by molar-refractivity contribution is -0.138. The molecule has 0 aromatic heterocycles. The van der Waals surface area contributed by atoms with E-state index in [1.165, 1.54) is 14.2 Å². The third kappa shape index (κ3) is 3.85. The number of hydrogen-bond donors (Lipinski definition) is 0. The number of hydrogen-bond acceptors (Lipinski definition) is 5. The molecule has 0 unspecified atom stereocenters. The molecule has 1 rings (SSSR count). The summed E-state index contributed by atoms with van der Waals surface area (Å²) in [5, 5.41) is 0. The van der Waals surface area contributed by atoms with Gasteiger partial charge in [0.2, 0.25) is 0 Å². The minimum atomic E-state index is -0.601. The molecular formula is C15H19NO4. The van der Waals surface area contributed by atoms with Crippen molar-refractivity contribution in [2.45, 2.75) is 13.8 Å². The third-order valence-corrected chi connectivity index (χ3v) is 2.80. The van der Waals surface area contributed by atoms with Crippen LogP contribution in [-0.4, -0.2) is 32.7 Å². The number of anilines is 1. The van der Waals surface area contributed by atoms with Gasteiger partial charge in [0.1, 0.15) is 5.70 Å². The number of likely N-dealkylation sites (N-methyl/N-ethyl adjacent to an activating group) is 1. The summed E-state index contributed by atoms with van der Waals surface area (Å²) in [7, 11) is 2.53. The molecule has 5 nitrogen and oxygen atoms in total. The van der Waals surface area contributed by atoms with Crippen molar-refractivity contribution in [3.63, 3.8) is 0 Å². The van der Waals surface area contributed by atoms with Gasteiger partial charge in [0.25, 0.3) is 0 Å². The average molecular weight is 277 g/mol. The SMILES string of the molecule is CCN(/C(=C/C(=O)OC)C(=O)OC)c1ccc(C)cc1. The summed E-state index contributed by atoms with van der Waals surface area (Å²) in [6, 6.07) is 7.63. The second-order valence-electron chi connectivity index (χ2n) is 4.12. The van der Waals surface area contributed by atoms with Crippen LogP contribution in [0.4, 0.5) is 5.69 Å². The summed E-state index contributed by atoms with van der Waals surface area (Å²) < 4.78 is 9.30. The topological polar surface area (TPSA) is 55.8 Å². The van der Waals surface area contributed by atoms with Gasteiger partial charge < -0.3 is 14.4 Å². The van der Waals surface area contributed by atoms with Gasteiger partial charge in [-0.05, 0) is 26.0 Å². The maximum absolute atomic E-state index is 11.9. The Morgan fingerprint density at radius 3 is 2.20 bits per heavy atom. The van der Waals surface area contributed by atoms with Crippen molar-refractivity contribution in [2.75, 3.05) is 25.7 Å². The minimum Gasteiger partial charge on any atom is -0.466 e. The Morgan fingerprint density at radius 2 is 1.75 bits per heavy atom. The molecule has 0 aliphatic rings. The Morgan fingerprint density at radius 1 is 1.15 bits per heavy atom. The zero-order valence-corrected chi connectivity index (χ0v) is 12.2. The molecule has 0 radical (unpaired) electrons. The minimum absolute atomic E-state index is 0.144. The standard InChI is InChI=1S/C15H19NO4/c1-5-16(12-8-6-11(2)7-9-12)13(15(18)20-4)10-14(17)19-3/h6-10H,5H2,1-4H3/b13-10+. The number of aryl methyl sites for hydroxylation is 1.